The van der Waals surface area contributed by atoms with E-state index < -0.39 is 20.4 Å². The lowest BCUT2D eigenvalue weighted by molar-refractivity contribution is -0.0229. The number of halogens is 1. The van der Waals surface area contributed by atoms with Gasteiger partial charge in [-0.1, -0.05) is 96.8 Å². The third kappa shape index (κ3) is 15.3. The number of anilines is 1. The molecule has 1 aromatic carbocycles. The molecule has 1 fully saturated rings. The van der Waals surface area contributed by atoms with Crippen LogP contribution >= 0.6 is 8.53 Å². The Labute approximate surface area is 310 Å². The summed E-state index contributed by atoms with van der Waals surface area (Å²) >= 11 is 0. The number of fused-ring (bicyclic) bond motifs is 1. The summed E-state index contributed by atoms with van der Waals surface area (Å²) < 4.78 is 39.8. The summed E-state index contributed by atoms with van der Waals surface area (Å²) in [6, 6.07) is 9.97. The van der Waals surface area contributed by atoms with Gasteiger partial charge in [0.25, 0.3) is 8.53 Å². The number of hydrogen-bond acceptors (Lipinski definition) is 10. The van der Waals surface area contributed by atoms with Crippen LogP contribution in [-0.2, 0) is 25.3 Å². The van der Waals surface area contributed by atoms with Crippen LogP contribution < -0.4 is 10.8 Å². The molecule has 0 radical (unpaired) electrons. The first kappa shape index (κ1) is 42.0. The largest absolute Gasteiger partial charge is 0.382 e. The Morgan fingerprint density at radius 2 is 1.71 bits per heavy atom. The first-order valence-corrected chi connectivity index (χ1v) is 20.7. The molecule has 11 nitrogen and oxygen atoms in total. The highest BCUT2D eigenvalue weighted by atomic mass is 31.2. The second-order valence-corrected chi connectivity index (χ2v) is 15.0. The van der Waals surface area contributed by atoms with Crippen LogP contribution in [0.5, 0.6) is 0 Å². The zero-order valence-electron chi connectivity index (χ0n) is 31.0. The van der Waals surface area contributed by atoms with Gasteiger partial charge < -0.3 is 29.4 Å². The molecule has 4 N–H and O–H groups in total. The van der Waals surface area contributed by atoms with Gasteiger partial charge >= 0.3 is 0 Å². The third-order valence-electron chi connectivity index (χ3n) is 9.55. The molecular weight excluding hydrogens is 682 g/mol. The Hall–Kier alpha value is -2.75. The maximum Gasteiger partial charge on any atom is 0.253 e. The standard InChI is InChI=1S/C39H60FN6O5P/c1-2-3-4-5-6-7-8-9-10-11-12-13-14-15-16-21-48-28-35(49-27-32-22-31(25-41)23-33(40)24-32)26-45-52(47)50-29-34-17-20-38(51-34)36-18-19-37-39(42)43-30-44-46(36)37/h18-19,22-24,30,34-35,38,45,47H,2-17,20-21,26-29H2,1H3,(H2,42,43,44). The minimum absolute atomic E-state index is 0.105. The number of benzene rings is 1. The molecule has 0 bridgehead atoms. The first-order valence-electron chi connectivity index (χ1n) is 19.4. The molecule has 2 aromatic heterocycles. The number of nitrogens with one attached hydrogen (secondary N) is 1. The fourth-order valence-corrected chi connectivity index (χ4v) is 7.37. The average molecular weight is 743 g/mol. The summed E-state index contributed by atoms with van der Waals surface area (Å²) in [6.45, 7) is 3.80. The van der Waals surface area contributed by atoms with Crippen LogP contribution in [0.1, 0.15) is 139 Å². The molecule has 0 amide bonds. The SMILES string of the molecule is CCCCCCCCCCCCCCCCCOCC(CNP(O)OCC1CCC(c2ccc3c(N)ncnn23)O1)OCc1cc(F)cc(C#N)c1. The zero-order valence-corrected chi connectivity index (χ0v) is 31.9. The van der Waals surface area contributed by atoms with Gasteiger partial charge in [-0.05, 0) is 55.2 Å². The normalized spacial score (nSPS) is 17.1. The second-order valence-electron chi connectivity index (χ2n) is 13.9. The number of hydrogen-bond donors (Lipinski definition) is 3. The molecule has 4 unspecified atom stereocenters. The van der Waals surface area contributed by atoms with E-state index in [-0.39, 0.29) is 37.5 Å². The van der Waals surface area contributed by atoms with E-state index >= 15 is 0 Å². The number of rotatable bonds is 28. The summed E-state index contributed by atoms with van der Waals surface area (Å²) in [5.74, 6) is -0.0698. The molecule has 3 aromatic rings. The quantitative estimate of drug-likeness (QED) is 0.0487. The molecule has 0 saturated carbocycles. The number of nitrogen functional groups attached to an aromatic ring is 1. The van der Waals surface area contributed by atoms with Gasteiger partial charge in [-0.3, -0.25) is 0 Å². The lowest BCUT2D eigenvalue weighted by Gasteiger charge is -2.21. The molecule has 0 spiro atoms. The number of aromatic nitrogens is 3. The van der Waals surface area contributed by atoms with E-state index in [1.54, 1.807) is 10.6 Å². The number of nitrogens with zero attached hydrogens (tertiary/aromatic N) is 4. The van der Waals surface area contributed by atoms with Gasteiger partial charge in [-0.15, -0.1) is 0 Å². The molecule has 1 aliphatic rings. The van der Waals surface area contributed by atoms with E-state index in [0.717, 1.165) is 36.9 Å². The lowest BCUT2D eigenvalue weighted by atomic mass is 10.0. The number of nitriles is 1. The van der Waals surface area contributed by atoms with Crippen molar-refractivity contribution in [1.29, 1.82) is 5.26 Å². The molecule has 3 heterocycles. The molecule has 4 atom stereocenters. The number of ether oxygens (including phenoxy) is 3. The topological polar surface area (TPSA) is 149 Å². The van der Waals surface area contributed by atoms with E-state index in [0.29, 0.717) is 24.6 Å². The molecule has 1 aliphatic heterocycles. The summed E-state index contributed by atoms with van der Waals surface area (Å²) in [5, 5.41) is 16.6. The van der Waals surface area contributed by atoms with E-state index in [4.69, 9.17) is 24.5 Å². The highest BCUT2D eigenvalue weighted by Crippen LogP contribution is 2.36. The molecule has 288 valence electrons. The average Bonchev–Trinajstić information content (AvgIpc) is 3.80. The highest BCUT2D eigenvalue weighted by molar-refractivity contribution is 7.43. The molecule has 13 heteroatoms. The van der Waals surface area contributed by atoms with Crippen LogP contribution in [0, 0.1) is 17.1 Å². The second kappa shape index (κ2) is 24.5. The molecule has 52 heavy (non-hydrogen) atoms. The van der Waals surface area contributed by atoms with Crippen molar-refractivity contribution in [1.82, 2.24) is 19.7 Å². The summed E-state index contributed by atoms with van der Waals surface area (Å²) in [5.41, 5.74) is 8.41. The van der Waals surface area contributed by atoms with Crippen LogP contribution in [0.2, 0.25) is 0 Å². The fourth-order valence-electron chi connectivity index (χ4n) is 6.61. The van der Waals surface area contributed by atoms with Crippen molar-refractivity contribution in [2.45, 2.75) is 141 Å². The summed E-state index contributed by atoms with van der Waals surface area (Å²) in [7, 11) is -1.95. The van der Waals surface area contributed by atoms with Crippen molar-refractivity contribution in [3.63, 3.8) is 0 Å². The Bertz CT molecular complexity index is 1470. The van der Waals surface area contributed by atoms with Crippen LogP contribution in [-0.4, -0.2) is 58.1 Å². The van der Waals surface area contributed by atoms with Crippen molar-refractivity contribution in [2.75, 3.05) is 32.1 Å². The van der Waals surface area contributed by atoms with Gasteiger partial charge in [0.1, 0.15) is 23.8 Å². The maximum absolute atomic E-state index is 14.0. The van der Waals surface area contributed by atoms with Crippen molar-refractivity contribution in [3.8, 4) is 6.07 Å². The van der Waals surface area contributed by atoms with E-state index in [2.05, 4.69) is 22.1 Å². The minimum atomic E-state index is -1.95. The van der Waals surface area contributed by atoms with Gasteiger partial charge in [0, 0.05) is 13.2 Å². The minimum Gasteiger partial charge on any atom is -0.382 e. The van der Waals surface area contributed by atoms with Gasteiger partial charge in [-0.25, -0.2) is 19.0 Å². The third-order valence-corrected chi connectivity index (χ3v) is 10.4. The Kier molecular flexibility index (Phi) is 19.8. The van der Waals surface area contributed by atoms with E-state index in [1.807, 2.05) is 18.2 Å². The Balaban J connectivity index is 1.10. The van der Waals surface area contributed by atoms with E-state index in [9.17, 15) is 14.5 Å². The van der Waals surface area contributed by atoms with Gasteiger partial charge in [0.2, 0.25) is 0 Å². The fraction of sp³-hybridized carbons (Fsp3) is 0.667. The highest BCUT2D eigenvalue weighted by Gasteiger charge is 2.30. The number of unbranched alkanes of at least 4 members (excludes halogenated alkanes) is 14. The van der Waals surface area contributed by atoms with E-state index in [1.165, 1.54) is 102 Å². The maximum atomic E-state index is 14.0. The molecule has 1 saturated heterocycles. The summed E-state index contributed by atoms with van der Waals surface area (Å²) in [6.07, 6.45) is 21.9. The number of nitrogens with two attached hydrogens (primary N) is 1. The van der Waals surface area contributed by atoms with Crippen LogP contribution in [0.3, 0.4) is 0 Å². The Morgan fingerprint density at radius 3 is 2.40 bits per heavy atom. The van der Waals surface area contributed by atoms with Crippen LogP contribution in [0.25, 0.3) is 5.52 Å². The van der Waals surface area contributed by atoms with Crippen molar-refractivity contribution in [2.24, 2.45) is 0 Å². The predicted octanol–water partition coefficient (Wildman–Crippen LogP) is 8.84. The first-order chi connectivity index (χ1) is 25.5. The van der Waals surface area contributed by atoms with Crippen molar-refractivity contribution in [3.05, 3.63) is 59.3 Å². The zero-order chi connectivity index (χ0) is 36.8. The lowest BCUT2D eigenvalue weighted by Crippen LogP contribution is -2.31. The predicted molar refractivity (Wildman–Crippen MR) is 203 cm³/mol. The molecule has 4 rings (SSSR count). The van der Waals surface area contributed by atoms with Crippen molar-refractivity contribution >= 4 is 19.9 Å². The monoisotopic (exact) mass is 742 g/mol. The van der Waals surface area contributed by atoms with Gasteiger partial charge in [0.05, 0.1) is 49.4 Å². The van der Waals surface area contributed by atoms with Gasteiger partial charge in [-0.2, -0.15) is 10.4 Å². The van der Waals surface area contributed by atoms with Crippen LogP contribution in [0.4, 0.5) is 10.2 Å². The van der Waals surface area contributed by atoms with Crippen molar-refractivity contribution < 1.29 is 28.0 Å². The van der Waals surface area contributed by atoms with Crippen LogP contribution in [0.15, 0.2) is 36.7 Å². The smallest absolute Gasteiger partial charge is 0.253 e. The summed E-state index contributed by atoms with van der Waals surface area (Å²) in [4.78, 5) is 14.7. The Morgan fingerprint density at radius 1 is 1.02 bits per heavy atom. The van der Waals surface area contributed by atoms with Gasteiger partial charge in [0.15, 0.2) is 5.82 Å². The molecule has 0 aliphatic carbocycles. The molecular formula is C39H60FN6O5P.